The van der Waals surface area contributed by atoms with Crippen molar-refractivity contribution in [2.75, 3.05) is 0 Å². The minimum Gasteiger partial charge on any atom is -0.192 e. The normalized spacial score (nSPS) is 8.90. The maximum absolute atomic E-state index is 8.42. The Morgan fingerprint density at radius 3 is 2.00 bits per heavy atom. The number of nitriles is 1. The highest BCUT2D eigenvalue weighted by Crippen LogP contribution is 2.17. The van der Waals surface area contributed by atoms with Crippen LogP contribution in [-0.4, -0.2) is 0 Å². The fourth-order valence-corrected chi connectivity index (χ4v) is 1.14. The second-order valence-electron chi connectivity index (χ2n) is 1.77. The molecule has 0 aliphatic heterocycles. The highest BCUT2D eigenvalue weighted by molar-refractivity contribution is 6.34. The van der Waals surface area contributed by atoms with Gasteiger partial charge in [-0.1, -0.05) is 23.2 Å². The summed E-state index contributed by atoms with van der Waals surface area (Å²) in [5.74, 6) is 0. The first-order valence-corrected chi connectivity index (χ1v) is 3.34. The van der Waals surface area contributed by atoms with Crippen LogP contribution in [0.1, 0.15) is 5.56 Å². The highest BCUT2D eigenvalue weighted by atomic mass is 35.5. The number of benzene rings is 1. The third-order valence-electron chi connectivity index (χ3n) is 0.992. The zero-order valence-electron chi connectivity index (χ0n) is 4.94. The predicted molar refractivity (Wildman–Crippen MR) is 41.2 cm³/mol. The standard InChI is InChI=1S/C7H3Cl2N/c8-6-1-5(4-10)2-7(9)3-6/h1-3H/i1+1,2+1,3+1,5+1,6+1,7+1. The Morgan fingerprint density at radius 2 is 1.60 bits per heavy atom. The van der Waals surface area contributed by atoms with Crippen LogP contribution in [0, 0.1) is 11.3 Å². The highest BCUT2D eigenvalue weighted by Gasteiger charge is 1.94. The fourth-order valence-electron chi connectivity index (χ4n) is 0.618. The summed E-state index contributed by atoms with van der Waals surface area (Å²) in [5.41, 5.74) is 0.484. The van der Waals surface area contributed by atoms with Gasteiger partial charge in [-0.3, -0.25) is 0 Å². The van der Waals surface area contributed by atoms with Crippen molar-refractivity contribution in [2.24, 2.45) is 0 Å². The van der Waals surface area contributed by atoms with E-state index in [1.807, 2.05) is 6.07 Å². The number of rotatable bonds is 0. The van der Waals surface area contributed by atoms with Crippen molar-refractivity contribution in [1.29, 1.82) is 5.26 Å². The lowest BCUT2D eigenvalue weighted by Gasteiger charge is -1.91. The van der Waals surface area contributed by atoms with Crippen molar-refractivity contribution in [3.05, 3.63) is 33.8 Å². The van der Waals surface area contributed by atoms with E-state index in [-0.39, 0.29) is 0 Å². The van der Waals surface area contributed by atoms with Gasteiger partial charge in [0.05, 0.1) is 11.6 Å². The van der Waals surface area contributed by atoms with E-state index in [0.29, 0.717) is 15.6 Å². The van der Waals surface area contributed by atoms with E-state index in [1.54, 1.807) is 18.2 Å². The van der Waals surface area contributed by atoms with E-state index >= 15 is 0 Å². The first-order chi connectivity index (χ1) is 4.72. The van der Waals surface area contributed by atoms with Crippen LogP contribution < -0.4 is 0 Å². The molecule has 1 nitrogen and oxygen atoms in total. The van der Waals surface area contributed by atoms with Gasteiger partial charge in [0.15, 0.2) is 0 Å². The van der Waals surface area contributed by atoms with Crippen LogP contribution in [0.25, 0.3) is 0 Å². The minimum atomic E-state index is 0.484. The van der Waals surface area contributed by atoms with Gasteiger partial charge in [-0.25, -0.2) is 0 Å². The monoisotopic (exact) mass is 177 g/mol. The Hall–Kier alpha value is -0.710. The third kappa shape index (κ3) is 1.63. The van der Waals surface area contributed by atoms with Gasteiger partial charge in [-0.2, -0.15) is 5.26 Å². The summed E-state index contributed by atoms with van der Waals surface area (Å²) in [6.07, 6.45) is 0. The van der Waals surface area contributed by atoms with Gasteiger partial charge >= 0.3 is 0 Å². The molecule has 0 aromatic heterocycles. The van der Waals surface area contributed by atoms with E-state index in [9.17, 15) is 0 Å². The lowest BCUT2D eigenvalue weighted by molar-refractivity contribution is 1.48. The van der Waals surface area contributed by atoms with E-state index in [0.717, 1.165) is 0 Å². The first kappa shape index (κ1) is 7.40. The van der Waals surface area contributed by atoms with Crippen LogP contribution in [0.15, 0.2) is 18.2 Å². The number of halogens is 2. The number of hydrogen-bond donors (Lipinski definition) is 0. The molecule has 0 spiro atoms. The molecule has 50 valence electrons. The van der Waals surface area contributed by atoms with Crippen molar-refractivity contribution in [2.45, 2.75) is 0 Å². The Labute approximate surface area is 68.8 Å². The SMILES string of the molecule is N#C[13c]1[13cH][13c](Cl)[13cH][13c](Cl)[13cH]1. The molecule has 10 heavy (non-hydrogen) atoms. The van der Waals surface area contributed by atoms with Crippen LogP contribution in [0.5, 0.6) is 0 Å². The van der Waals surface area contributed by atoms with Crippen LogP contribution in [0.3, 0.4) is 0 Å². The quantitative estimate of drug-likeness (QED) is 0.599. The van der Waals surface area contributed by atoms with Gasteiger partial charge in [0.25, 0.3) is 0 Å². The van der Waals surface area contributed by atoms with Gasteiger partial charge < -0.3 is 0 Å². The van der Waals surface area contributed by atoms with E-state index in [1.165, 1.54) is 0 Å². The molecular formula is C7H3Cl2N. The first-order valence-electron chi connectivity index (χ1n) is 2.58. The molecule has 0 N–H and O–H groups in total. The second-order valence-corrected chi connectivity index (χ2v) is 2.64. The maximum atomic E-state index is 8.42. The average Bonchev–Trinajstić information content (AvgIpc) is 1.85. The van der Waals surface area contributed by atoms with Crippen molar-refractivity contribution in [3.63, 3.8) is 0 Å². The zero-order chi connectivity index (χ0) is 7.56. The van der Waals surface area contributed by atoms with Gasteiger partial charge in [-0.05, 0) is 18.2 Å². The molecule has 0 saturated heterocycles. The molecule has 0 heterocycles. The Morgan fingerprint density at radius 1 is 1.10 bits per heavy atom. The lowest BCUT2D eigenvalue weighted by Crippen LogP contribution is -1.73. The van der Waals surface area contributed by atoms with Gasteiger partial charge in [0, 0.05) is 10.0 Å². The van der Waals surface area contributed by atoms with Crippen molar-refractivity contribution in [1.82, 2.24) is 0 Å². The zero-order valence-corrected chi connectivity index (χ0v) is 6.45. The maximum Gasteiger partial charge on any atom is 0.0992 e. The Bertz CT molecular complexity index is 268. The Balaban J connectivity index is 3.22. The second kappa shape index (κ2) is 2.92. The summed E-state index contributed by atoms with van der Waals surface area (Å²) in [5, 5.41) is 9.40. The predicted octanol–water partition coefficient (Wildman–Crippen LogP) is 2.87. The molecule has 0 saturated carbocycles. The van der Waals surface area contributed by atoms with Crippen LogP contribution in [0.4, 0.5) is 0 Å². The van der Waals surface area contributed by atoms with Crippen LogP contribution in [-0.2, 0) is 0 Å². The van der Waals surface area contributed by atoms with E-state index in [2.05, 4.69) is 0 Å². The summed E-state index contributed by atoms with van der Waals surface area (Å²) >= 11 is 11.2. The molecule has 0 aliphatic rings. The molecule has 0 unspecified atom stereocenters. The van der Waals surface area contributed by atoms with E-state index < -0.39 is 0 Å². The van der Waals surface area contributed by atoms with Gasteiger partial charge in [0.1, 0.15) is 0 Å². The molecule has 1 aromatic rings. The van der Waals surface area contributed by atoms with Crippen molar-refractivity contribution < 1.29 is 0 Å². The lowest BCUT2D eigenvalue weighted by atomic mass is 11.0. The summed E-state index contributed by atoms with van der Waals surface area (Å²) < 4.78 is 0. The molecule has 0 bridgehead atoms. The summed E-state index contributed by atoms with van der Waals surface area (Å²) in [7, 11) is 0. The van der Waals surface area contributed by atoms with Crippen LogP contribution >= 0.6 is 23.2 Å². The molecular weight excluding hydrogens is 175 g/mol. The van der Waals surface area contributed by atoms with E-state index in [4.69, 9.17) is 28.5 Å². The third-order valence-corrected chi connectivity index (χ3v) is 1.43. The summed E-state index contributed by atoms with van der Waals surface area (Å²) in [4.78, 5) is 0. The minimum absolute atomic E-state index is 0.484. The van der Waals surface area contributed by atoms with Gasteiger partial charge in [-0.15, -0.1) is 0 Å². The van der Waals surface area contributed by atoms with Crippen molar-refractivity contribution >= 4 is 23.2 Å². The molecule has 3 heteroatoms. The molecule has 0 atom stereocenters. The molecule has 0 radical (unpaired) electrons. The number of hydrogen-bond acceptors (Lipinski definition) is 1. The summed E-state index contributed by atoms with van der Waals surface area (Å²) in [6, 6.07) is 6.65. The molecule has 0 fully saturated rings. The molecule has 0 aliphatic carbocycles. The molecule has 0 amide bonds. The molecule has 1 rings (SSSR count). The largest absolute Gasteiger partial charge is 0.192 e. The topological polar surface area (TPSA) is 23.8 Å². The number of nitrogens with zero attached hydrogens (tertiary/aromatic N) is 1. The van der Waals surface area contributed by atoms with Crippen LogP contribution in [0.2, 0.25) is 10.0 Å². The smallest absolute Gasteiger partial charge is 0.0992 e. The average molecular weight is 178 g/mol. The molecule has 1 aromatic carbocycles. The van der Waals surface area contributed by atoms with Gasteiger partial charge in [0.2, 0.25) is 0 Å². The summed E-state index contributed by atoms with van der Waals surface area (Å²) in [6.45, 7) is 0. The van der Waals surface area contributed by atoms with Crippen molar-refractivity contribution in [3.8, 4) is 6.07 Å². The fraction of sp³-hybridized carbons (Fsp3) is 0. The Kier molecular flexibility index (Phi) is 2.16.